The van der Waals surface area contributed by atoms with Crippen molar-refractivity contribution in [2.24, 2.45) is 0 Å². The molecule has 0 aromatic heterocycles. The summed E-state index contributed by atoms with van der Waals surface area (Å²) in [6.45, 7) is 5.94. The van der Waals surface area contributed by atoms with Crippen molar-refractivity contribution in [2.75, 3.05) is 0 Å². The molecule has 1 aliphatic rings. The van der Waals surface area contributed by atoms with Crippen molar-refractivity contribution in [3.05, 3.63) is 0 Å². The Morgan fingerprint density at radius 2 is 1.80 bits per heavy atom. The maximum atomic E-state index is 11.0. The molecule has 0 aromatic rings. The number of hydrogen-bond acceptors (Lipinski definition) is 2. The number of carbonyl (C=O) groups excluding carboxylic acids is 1. The van der Waals surface area contributed by atoms with Crippen molar-refractivity contribution in [1.82, 2.24) is 10.6 Å². The Kier molecular flexibility index (Phi) is 1.94. The van der Waals surface area contributed by atoms with Gasteiger partial charge in [-0.25, -0.2) is 0 Å². The molecule has 0 radical (unpaired) electrons. The molecule has 0 saturated carbocycles. The molecule has 1 fully saturated rings. The normalized spacial score (nSPS) is 41.1. The van der Waals surface area contributed by atoms with Gasteiger partial charge in [0.15, 0.2) is 0 Å². The first-order valence-corrected chi connectivity index (χ1v) is 3.67. The number of carbonyl (C=O) groups is 1. The molecule has 2 N–H and O–H groups in total. The Balaban J connectivity index is 2.54. The number of piperazine rings is 1. The second kappa shape index (κ2) is 2.58. The van der Waals surface area contributed by atoms with Crippen LogP contribution in [-0.2, 0) is 4.79 Å². The van der Waals surface area contributed by atoms with Crippen LogP contribution in [0.25, 0.3) is 0 Å². The number of rotatable bonds is 0. The zero-order chi connectivity index (χ0) is 7.72. The summed E-state index contributed by atoms with van der Waals surface area (Å²) < 4.78 is 0. The number of nitrogens with one attached hydrogen (secondary N) is 2. The highest BCUT2D eigenvalue weighted by Crippen LogP contribution is 2.00. The third-order valence-electron chi connectivity index (χ3n) is 2.03. The average molecular weight is 142 g/mol. The minimum atomic E-state index is -0.0359. The van der Waals surface area contributed by atoms with Crippen molar-refractivity contribution in [3.63, 3.8) is 0 Å². The molecule has 1 heterocycles. The van der Waals surface area contributed by atoms with Crippen LogP contribution in [0.1, 0.15) is 20.8 Å². The quantitative estimate of drug-likeness (QED) is 0.494. The van der Waals surface area contributed by atoms with Crippen LogP contribution >= 0.6 is 0 Å². The lowest BCUT2D eigenvalue weighted by Gasteiger charge is -2.31. The maximum Gasteiger partial charge on any atom is 0.237 e. The fraction of sp³-hybridized carbons (Fsp3) is 0.857. The Morgan fingerprint density at radius 3 is 2.30 bits per heavy atom. The molecule has 0 aliphatic carbocycles. The smallest absolute Gasteiger partial charge is 0.237 e. The summed E-state index contributed by atoms with van der Waals surface area (Å²) in [5.41, 5.74) is 0. The highest BCUT2D eigenvalue weighted by atomic mass is 16.2. The van der Waals surface area contributed by atoms with E-state index in [1.165, 1.54) is 0 Å². The molecule has 0 spiro atoms. The standard InChI is InChI=1S/C7H14N2O/c1-4-5(2)9-7(10)6(3)8-4/h4-6,8H,1-3H3,(H,9,10)/t4-,5+,6+/m1/s1. The van der Waals surface area contributed by atoms with Gasteiger partial charge in [0.1, 0.15) is 0 Å². The van der Waals surface area contributed by atoms with Gasteiger partial charge >= 0.3 is 0 Å². The molecular weight excluding hydrogens is 128 g/mol. The van der Waals surface area contributed by atoms with E-state index in [1.807, 2.05) is 13.8 Å². The first-order chi connectivity index (χ1) is 4.61. The zero-order valence-corrected chi connectivity index (χ0v) is 6.64. The van der Waals surface area contributed by atoms with Crippen LogP contribution in [0.15, 0.2) is 0 Å². The van der Waals surface area contributed by atoms with E-state index in [4.69, 9.17) is 0 Å². The summed E-state index contributed by atoms with van der Waals surface area (Å²) in [5, 5.41) is 6.04. The summed E-state index contributed by atoms with van der Waals surface area (Å²) in [5.74, 6) is 0.102. The van der Waals surface area contributed by atoms with E-state index in [-0.39, 0.29) is 18.0 Å². The van der Waals surface area contributed by atoms with E-state index in [9.17, 15) is 4.79 Å². The average Bonchev–Trinajstić information content (AvgIpc) is 1.84. The number of hydrogen-bond donors (Lipinski definition) is 2. The van der Waals surface area contributed by atoms with E-state index >= 15 is 0 Å². The first kappa shape index (κ1) is 7.54. The predicted molar refractivity (Wildman–Crippen MR) is 39.7 cm³/mol. The lowest BCUT2D eigenvalue weighted by Crippen LogP contribution is -2.60. The first-order valence-electron chi connectivity index (χ1n) is 3.67. The van der Waals surface area contributed by atoms with Crippen LogP contribution < -0.4 is 10.6 Å². The van der Waals surface area contributed by atoms with Gasteiger partial charge in [-0.05, 0) is 20.8 Å². The molecule has 0 bridgehead atoms. The van der Waals surface area contributed by atoms with Crippen LogP contribution in [0.5, 0.6) is 0 Å². The molecular formula is C7H14N2O. The van der Waals surface area contributed by atoms with Gasteiger partial charge in [0, 0.05) is 12.1 Å². The van der Waals surface area contributed by atoms with Gasteiger partial charge in [-0.15, -0.1) is 0 Å². The third-order valence-corrected chi connectivity index (χ3v) is 2.03. The van der Waals surface area contributed by atoms with E-state index in [0.29, 0.717) is 6.04 Å². The lowest BCUT2D eigenvalue weighted by molar-refractivity contribution is -0.125. The van der Waals surface area contributed by atoms with Gasteiger partial charge in [-0.3, -0.25) is 4.79 Å². The van der Waals surface area contributed by atoms with Crippen molar-refractivity contribution >= 4 is 5.91 Å². The topological polar surface area (TPSA) is 41.1 Å². The Labute approximate surface area is 61.2 Å². The minimum absolute atomic E-state index is 0.0359. The van der Waals surface area contributed by atoms with Crippen molar-refractivity contribution in [2.45, 2.75) is 38.9 Å². The molecule has 3 nitrogen and oxygen atoms in total. The Hall–Kier alpha value is -0.570. The molecule has 0 aromatic carbocycles. The molecule has 1 rings (SSSR count). The Bertz CT molecular complexity index is 147. The Morgan fingerprint density at radius 1 is 1.20 bits per heavy atom. The second-order valence-electron chi connectivity index (χ2n) is 2.97. The summed E-state index contributed by atoms with van der Waals surface area (Å²) in [4.78, 5) is 11.0. The SMILES string of the molecule is C[C@@H]1N[C@H](C)[C@H](C)NC1=O. The molecule has 58 valence electrons. The van der Waals surface area contributed by atoms with Crippen LogP contribution in [0, 0.1) is 0 Å². The van der Waals surface area contributed by atoms with E-state index in [0.717, 1.165) is 0 Å². The van der Waals surface area contributed by atoms with Gasteiger partial charge in [-0.1, -0.05) is 0 Å². The second-order valence-corrected chi connectivity index (χ2v) is 2.97. The molecule has 0 unspecified atom stereocenters. The van der Waals surface area contributed by atoms with Crippen LogP contribution in [0.2, 0.25) is 0 Å². The summed E-state index contributed by atoms with van der Waals surface area (Å²) in [6.07, 6.45) is 0. The molecule has 10 heavy (non-hydrogen) atoms. The third kappa shape index (κ3) is 1.29. The van der Waals surface area contributed by atoms with Crippen molar-refractivity contribution in [3.8, 4) is 0 Å². The maximum absolute atomic E-state index is 11.0. The van der Waals surface area contributed by atoms with Gasteiger partial charge in [0.05, 0.1) is 6.04 Å². The molecule has 3 heteroatoms. The lowest BCUT2D eigenvalue weighted by atomic mass is 10.1. The molecule has 1 aliphatic heterocycles. The van der Waals surface area contributed by atoms with Gasteiger partial charge in [-0.2, -0.15) is 0 Å². The fourth-order valence-corrected chi connectivity index (χ4v) is 1.09. The summed E-state index contributed by atoms with van der Waals surface area (Å²) in [6, 6.07) is 0.600. The summed E-state index contributed by atoms with van der Waals surface area (Å²) in [7, 11) is 0. The van der Waals surface area contributed by atoms with Crippen molar-refractivity contribution in [1.29, 1.82) is 0 Å². The molecule has 1 saturated heterocycles. The van der Waals surface area contributed by atoms with Crippen molar-refractivity contribution < 1.29 is 4.79 Å². The van der Waals surface area contributed by atoms with E-state index in [2.05, 4.69) is 17.6 Å². The zero-order valence-electron chi connectivity index (χ0n) is 6.64. The molecule has 1 amide bonds. The van der Waals surface area contributed by atoms with E-state index < -0.39 is 0 Å². The molecule has 3 atom stereocenters. The number of amides is 1. The van der Waals surface area contributed by atoms with Crippen LogP contribution in [-0.4, -0.2) is 24.0 Å². The van der Waals surface area contributed by atoms with Crippen LogP contribution in [0.4, 0.5) is 0 Å². The van der Waals surface area contributed by atoms with Gasteiger partial charge < -0.3 is 10.6 Å². The monoisotopic (exact) mass is 142 g/mol. The fourth-order valence-electron chi connectivity index (χ4n) is 1.09. The summed E-state index contributed by atoms with van der Waals surface area (Å²) >= 11 is 0. The minimum Gasteiger partial charge on any atom is -0.351 e. The highest BCUT2D eigenvalue weighted by molar-refractivity contribution is 5.82. The predicted octanol–water partition coefficient (Wildman–Crippen LogP) is -0.129. The van der Waals surface area contributed by atoms with Gasteiger partial charge in [0.25, 0.3) is 0 Å². The highest BCUT2D eigenvalue weighted by Gasteiger charge is 2.26. The van der Waals surface area contributed by atoms with E-state index in [1.54, 1.807) is 0 Å². The largest absolute Gasteiger partial charge is 0.351 e. The van der Waals surface area contributed by atoms with Crippen LogP contribution in [0.3, 0.4) is 0 Å². The van der Waals surface area contributed by atoms with Gasteiger partial charge in [0.2, 0.25) is 5.91 Å².